The Kier molecular flexibility index (Phi) is 3.84. The number of rotatable bonds is 4. The second-order valence-corrected chi connectivity index (χ2v) is 4.35. The lowest BCUT2D eigenvalue weighted by Crippen LogP contribution is -2.21. The molecule has 0 amide bonds. The van der Waals surface area contributed by atoms with Crippen LogP contribution in [0.15, 0.2) is 18.5 Å². The molecule has 8 heteroatoms. The minimum Gasteiger partial charge on any atom is -0.364 e. The summed E-state index contributed by atoms with van der Waals surface area (Å²) in [6, 6.07) is 0.917. The van der Waals surface area contributed by atoms with Crippen LogP contribution in [-0.4, -0.2) is 26.5 Å². The second-order valence-electron chi connectivity index (χ2n) is 4.04. The van der Waals surface area contributed by atoms with Crippen LogP contribution in [0.2, 0.25) is 0 Å². The third-order valence-electron chi connectivity index (χ3n) is 2.70. The van der Waals surface area contributed by atoms with Gasteiger partial charge in [-0.1, -0.05) is 6.92 Å². The Balaban J connectivity index is 2.42. The van der Waals surface area contributed by atoms with Gasteiger partial charge >= 0.3 is 6.18 Å². The summed E-state index contributed by atoms with van der Waals surface area (Å²) < 4.78 is 39.0. The fraction of sp³-hybridized carbons (Fsp3) is 0.455. The molecule has 0 saturated heterocycles. The lowest BCUT2D eigenvalue weighted by atomic mass is 10.2. The zero-order valence-corrected chi connectivity index (χ0v) is 10.8. The van der Waals surface area contributed by atoms with Gasteiger partial charge in [0.1, 0.15) is 5.52 Å². The Bertz CT molecular complexity index is 563. The fourth-order valence-electron chi connectivity index (χ4n) is 1.61. The molecule has 2 rings (SSSR count). The van der Waals surface area contributed by atoms with Crippen molar-refractivity contribution in [3.05, 3.63) is 24.2 Å². The maximum atomic E-state index is 12.6. The summed E-state index contributed by atoms with van der Waals surface area (Å²) in [7, 11) is 0. The van der Waals surface area contributed by atoms with Crippen molar-refractivity contribution >= 4 is 22.9 Å². The molecular formula is C11H12ClF3N4. The van der Waals surface area contributed by atoms with Gasteiger partial charge in [0.05, 0.1) is 0 Å². The monoisotopic (exact) mass is 292 g/mol. The first-order chi connectivity index (χ1) is 8.95. The van der Waals surface area contributed by atoms with Gasteiger partial charge in [0, 0.05) is 30.4 Å². The summed E-state index contributed by atoms with van der Waals surface area (Å²) in [5.74, 6) is 0.692. The molecule has 104 valence electrons. The molecule has 0 fully saturated rings. The van der Waals surface area contributed by atoms with Crippen LogP contribution >= 0.6 is 11.6 Å². The summed E-state index contributed by atoms with van der Waals surface area (Å²) in [4.78, 5) is 4.04. The average molecular weight is 293 g/mol. The number of nitrogens with zero attached hydrogens (tertiary/aromatic N) is 3. The molecule has 0 aromatic carbocycles. The molecule has 4 nitrogen and oxygen atoms in total. The van der Waals surface area contributed by atoms with E-state index in [1.807, 2.05) is 6.92 Å². The molecule has 0 saturated carbocycles. The molecule has 19 heavy (non-hydrogen) atoms. The van der Waals surface area contributed by atoms with E-state index in [-0.39, 0.29) is 11.6 Å². The standard InChI is InChI=1S/C11H12ClF3N4/c1-2-7(6-12)17-10-8-5-9(11(13,14)15)18-19(8)4-3-16-10/h3-5,7H,2,6H2,1H3,(H,16,17). The zero-order chi connectivity index (χ0) is 14.0. The van der Waals surface area contributed by atoms with Gasteiger partial charge in [0.2, 0.25) is 0 Å². The Morgan fingerprint density at radius 2 is 2.21 bits per heavy atom. The van der Waals surface area contributed by atoms with E-state index in [4.69, 9.17) is 11.6 Å². The van der Waals surface area contributed by atoms with Crippen LogP contribution < -0.4 is 5.32 Å². The number of hydrogen-bond acceptors (Lipinski definition) is 3. The first-order valence-corrected chi connectivity index (χ1v) is 6.23. The number of fused-ring (bicyclic) bond motifs is 1. The highest BCUT2D eigenvalue weighted by molar-refractivity contribution is 6.18. The van der Waals surface area contributed by atoms with Gasteiger partial charge in [-0.05, 0) is 6.42 Å². The van der Waals surface area contributed by atoms with E-state index in [0.29, 0.717) is 11.7 Å². The van der Waals surface area contributed by atoms with Crippen LogP contribution in [0.5, 0.6) is 0 Å². The topological polar surface area (TPSA) is 42.2 Å². The number of alkyl halides is 4. The summed E-state index contributed by atoms with van der Waals surface area (Å²) in [6.45, 7) is 1.93. The molecular weight excluding hydrogens is 281 g/mol. The first-order valence-electron chi connectivity index (χ1n) is 5.69. The Morgan fingerprint density at radius 1 is 1.47 bits per heavy atom. The van der Waals surface area contributed by atoms with Crippen molar-refractivity contribution in [1.29, 1.82) is 0 Å². The molecule has 0 spiro atoms. The van der Waals surface area contributed by atoms with E-state index in [0.717, 1.165) is 17.0 Å². The van der Waals surface area contributed by atoms with Gasteiger partial charge in [-0.15, -0.1) is 11.6 Å². The lowest BCUT2D eigenvalue weighted by Gasteiger charge is -2.14. The van der Waals surface area contributed by atoms with Crippen LogP contribution in [0.25, 0.3) is 5.52 Å². The van der Waals surface area contributed by atoms with Crippen molar-refractivity contribution in [2.75, 3.05) is 11.2 Å². The van der Waals surface area contributed by atoms with Crippen LogP contribution in [0.1, 0.15) is 19.0 Å². The van der Waals surface area contributed by atoms with Gasteiger partial charge < -0.3 is 5.32 Å². The van der Waals surface area contributed by atoms with Crippen LogP contribution in [0.4, 0.5) is 19.0 Å². The minimum absolute atomic E-state index is 0.0513. The van der Waals surface area contributed by atoms with Crippen molar-refractivity contribution in [1.82, 2.24) is 14.6 Å². The summed E-state index contributed by atoms with van der Waals surface area (Å²) >= 11 is 5.75. The molecule has 0 aliphatic heterocycles. The normalized spacial score (nSPS) is 13.7. The molecule has 0 aliphatic carbocycles. The smallest absolute Gasteiger partial charge is 0.364 e. The highest BCUT2D eigenvalue weighted by Crippen LogP contribution is 2.30. The van der Waals surface area contributed by atoms with Crippen LogP contribution in [-0.2, 0) is 6.18 Å². The van der Waals surface area contributed by atoms with E-state index in [1.54, 1.807) is 0 Å². The molecule has 1 unspecified atom stereocenters. The van der Waals surface area contributed by atoms with Crippen LogP contribution in [0.3, 0.4) is 0 Å². The van der Waals surface area contributed by atoms with E-state index in [9.17, 15) is 13.2 Å². The van der Waals surface area contributed by atoms with Gasteiger partial charge in [0.25, 0.3) is 0 Å². The molecule has 2 heterocycles. The maximum absolute atomic E-state index is 12.6. The predicted octanol–water partition coefficient (Wildman–Crippen LogP) is 3.18. The molecule has 1 N–H and O–H groups in total. The van der Waals surface area contributed by atoms with E-state index >= 15 is 0 Å². The zero-order valence-electron chi connectivity index (χ0n) is 10.1. The van der Waals surface area contributed by atoms with E-state index in [2.05, 4.69) is 15.4 Å². The third-order valence-corrected chi connectivity index (χ3v) is 3.07. The van der Waals surface area contributed by atoms with Gasteiger partial charge in [0.15, 0.2) is 11.5 Å². The summed E-state index contributed by atoms with van der Waals surface area (Å²) in [5.41, 5.74) is -0.666. The minimum atomic E-state index is -4.47. The van der Waals surface area contributed by atoms with E-state index < -0.39 is 11.9 Å². The molecule has 1 atom stereocenters. The Hall–Kier alpha value is -1.50. The van der Waals surface area contributed by atoms with Crippen molar-refractivity contribution in [3.63, 3.8) is 0 Å². The second kappa shape index (κ2) is 5.24. The van der Waals surface area contributed by atoms with Crippen molar-refractivity contribution in [3.8, 4) is 0 Å². The van der Waals surface area contributed by atoms with E-state index in [1.165, 1.54) is 12.4 Å². The largest absolute Gasteiger partial charge is 0.435 e. The molecule has 2 aromatic rings. The average Bonchev–Trinajstić information content (AvgIpc) is 2.80. The first kappa shape index (κ1) is 13.9. The van der Waals surface area contributed by atoms with Gasteiger partial charge in [-0.3, -0.25) is 0 Å². The highest BCUT2D eigenvalue weighted by Gasteiger charge is 2.34. The van der Waals surface area contributed by atoms with Crippen molar-refractivity contribution < 1.29 is 13.2 Å². The van der Waals surface area contributed by atoms with Gasteiger partial charge in [-0.2, -0.15) is 18.3 Å². The SMILES string of the molecule is CCC(CCl)Nc1nccn2nc(C(F)(F)F)cc12. The number of halogens is 4. The van der Waals surface area contributed by atoms with Crippen molar-refractivity contribution in [2.24, 2.45) is 0 Å². The lowest BCUT2D eigenvalue weighted by molar-refractivity contribution is -0.141. The Labute approximate surface area is 112 Å². The fourth-order valence-corrected chi connectivity index (χ4v) is 1.91. The predicted molar refractivity (Wildman–Crippen MR) is 66.4 cm³/mol. The quantitative estimate of drug-likeness (QED) is 0.880. The number of nitrogens with one attached hydrogen (secondary N) is 1. The number of aromatic nitrogens is 3. The van der Waals surface area contributed by atoms with Crippen LogP contribution in [0, 0.1) is 0 Å². The Morgan fingerprint density at radius 3 is 2.79 bits per heavy atom. The van der Waals surface area contributed by atoms with Gasteiger partial charge in [-0.25, -0.2) is 9.50 Å². The maximum Gasteiger partial charge on any atom is 0.435 e. The molecule has 2 aromatic heterocycles. The molecule has 0 bridgehead atoms. The molecule has 0 radical (unpaired) electrons. The number of hydrogen-bond donors (Lipinski definition) is 1. The summed E-state index contributed by atoms with van der Waals surface area (Å²) in [5, 5.41) is 6.50. The third kappa shape index (κ3) is 2.91. The highest BCUT2D eigenvalue weighted by atomic mass is 35.5. The van der Waals surface area contributed by atoms with Crippen molar-refractivity contribution in [2.45, 2.75) is 25.6 Å². The molecule has 0 aliphatic rings. The number of anilines is 1. The summed E-state index contributed by atoms with van der Waals surface area (Å²) in [6.07, 6.45) is -0.965.